The summed E-state index contributed by atoms with van der Waals surface area (Å²) in [5.41, 5.74) is -4.45. The van der Waals surface area contributed by atoms with E-state index < -0.39 is 45.2 Å². The van der Waals surface area contributed by atoms with Crippen LogP contribution in [0, 0.1) is 21.7 Å². The van der Waals surface area contributed by atoms with Crippen molar-refractivity contribution in [2.24, 2.45) is 21.7 Å². The molecule has 0 spiro atoms. The Morgan fingerprint density at radius 3 is 0.806 bits per heavy atom. The van der Waals surface area contributed by atoms with Gasteiger partial charge in [0.05, 0.1) is 35.6 Å². The van der Waals surface area contributed by atoms with E-state index in [2.05, 4.69) is 0 Å². The molecule has 0 fully saturated rings. The van der Waals surface area contributed by atoms with Crippen LogP contribution in [0.1, 0.15) is 82.1 Å². The van der Waals surface area contributed by atoms with Gasteiger partial charge in [-0.05, 0) is 27.7 Å². The maximum atomic E-state index is 11.5. The molecular formula is C22H34BaO8. The van der Waals surface area contributed by atoms with Gasteiger partial charge in [-0.2, -0.15) is 0 Å². The van der Waals surface area contributed by atoms with Gasteiger partial charge in [-0.25, -0.2) is 0 Å². The summed E-state index contributed by atoms with van der Waals surface area (Å²) in [7, 11) is 0. The molecular weight excluding hydrogens is 530 g/mol. The van der Waals surface area contributed by atoms with Crippen molar-refractivity contribution in [1.82, 2.24) is 0 Å². The molecule has 172 valence electrons. The molecule has 0 bridgehead atoms. The largest absolute Gasteiger partial charge is 2.00 e. The van der Waals surface area contributed by atoms with Crippen LogP contribution in [-0.2, 0) is 28.8 Å². The van der Waals surface area contributed by atoms with Gasteiger partial charge in [-0.3, -0.25) is 19.2 Å². The van der Waals surface area contributed by atoms with E-state index in [-0.39, 0.29) is 73.3 Å². The van der Waals surface area contributed by atoms with E-state index in [9.17, 15) is 39.0 Å². The van der Waals surface area contributed by atoms with Crippen LogP contribution in [0.15, 0.2) is 0 Å². The monoisotopic (exact) mass is 564 g/mol. The maximum Gasteiger partial charge on any atom is 2.00 e. The van der Waals surface area contributed by atoms with Crippen LogP contribution in [0.2, 0.25) is 0 Å². The summed E-state index contributed by atoms with van der Waals surface area (Å²) in [6.45, 7) is 15.1. The Morgan fingerprint density at radius 2 is 0.677 bits per heavy atom. The van der Waals surface area contributed by atoms with Gasteiger partial charge in [0.25, 0.3) is 0 Å². The Kier molecular flexibility index (Phi) is 14.0. The van der Waals surface area contributed by atoms with E-state index >= 15 is 0 Å². The molecule has 0 aliphatic heterocycles. The zero-order valence-electron chi connectivity index (χ0n) is 20.4. The first-order valence-electron chi connectivity index (χ1n) is 9.55. The molecule has 31 heavy (non-hydrogen) atoms. The van der Waals surface area contributed by atoms with Gasteiger partial charge in [0.15, 0.2) is 11.6 Å². The van der Waals surface area contributed by atoms with Crippen LogP contribution in [-0.4, -0.2) is 84.0 Å². The van der Waals surface area contributed by atoms with Gasteiger partial charge in [-0.1, -0.05) is 41.5 Å². The third-order valence-electron chi connectivity index (χ3n) is 4.73. The second kappa shape index (κ2) is 12.4. The minimum Gasteiger partial charge on any atom is -0.549 e. The number of carbonyl (C=O) groups is 6. The van der Waals surface area contributed by atoms with Gasteiger partial charge < -0.3 is 19.8 Å². The Labute approximate surface area is 225 Å². The first-order valence-corrected chi connectivity index (χ1v) is 9.55. The smallest absolute Gasteiger partial charge is 0.549 e. The summed E-state index contributed by atoms with van der Waals surface area (Å²) in [6.07, 6.45) is -0.713. The van der Waals surface area contributed by atoms with Crippen LogP contribution >= 0.6 is 0 Å². The van der Waals surface area contributed by atoms with Crippen molar-refractivity contribution < 1.29 is 39.0 Å². The maximum absolute atomic E-state index is 11.5. The van der Waals surface area contributed by atoms with Crippen LogP contribution in [0.3, 0.4) is 0 Å². The van der Waals surface area contributed by atoms with Crippen LogP contribution < -0.4 is 10.2 Å². The number of carboxylic acid groups (broad SMARTS) is 2. The standard InChI is InChI=1S/2C11H18O4.Ba/c2*1-10(2,3)7(12)6-8(13)11(4,5)9(14)15;/h2*6H2,1-5H3,(H,14,15);/q;;+2/p-2. The second-order valence-electron chi connectivity index (χ2n) is 10.4. The molecule has 9 heteroatoms. The number of ketones is 4. The first kappa shape index (κ1) is 34.8. The number of rotatable bonds is 8. The van der Waals surface area contributed by atoms with E-state index in [1.807, 2.05) is 0 Å². The molecule has 0 aliphatic rings. The molecule has 0 atom stereocenters. The molecule has 0 radical (unpaired) electrons. The van der Waals surface area contributed by atoms with Crippen molar-refractivity contribution in [3.63, 3.8) is 0 Å². The molecule has 0 rings (SSSR count). The van der Waals surface area contributed by atoms with Crippen molar-refractivity contribution in [2.45, 2.75) is 82.1 Å². The predicted octanol–water partition coefficient (Wildman–Crippen LogP) is 0.293. The zero-order valence-corrected chi connectivity index (χ0v) is 24.8. The SMILES string of the molecule is CC(C)(C)C(=O)CC(=O)C(C)(C)C(=O)[O-].CC(C)(C)C(=O)CC(=O)C(C)(C)C(=O)[O-].[Ba+2]. The number of Topliss-reactive ketones (excluding diaryl/α,β-unsaturated/α-hetero) is 4. The van der Waals surface area contributed by atoms with Crippen molar-refractivity contribution in [3.8, 4) is 0 Å². The predicted molar refractivity (Wildman–Crippen MR) is 112 cm³/mol. The molecule has 0 amide bonds. The average Bonchev–Trinajstić information content (AvgIpc) is 2.52. The summed E-state index contributed by atoms with van der Waals surface area (Å²) >= 11 is 0. The molecule has 8 nitrogen and oxygen atoms in total. The van der Waals surface area contributed by atoms with E-state index in [1.165, 1.54) is 27.7 Å². The second-order valence-corrected chi connectivity index (χ2v) is 10.4. The minimum atomic E-state index is -1.60. The Bertz CT molecular complexity index is 657. The van der Waals surface area contributed by atoms with Gasteiger partial charge in [-0.15, -0.1) is 0 Å². The number of carboxylic acids is 2. The molecule has 0 aromatic carbocycles. The van der Waals surface area contributed by atoms with Gasteiger partial charge in [0.2, 0.25) is 0 Å². The fraction of sp³-hybridized carbons (Fsp3) is 0.727. The molecule has 0 unspecified atom stereocenters. The van der Waals surface area contributed by atoms with Crippen molar-refractivity contribution in [1.29, 1.82) is 0 Å². The summed E-state index contributed by atoms with van der Waals surface area (Å²) in [6, 6.07) is 0. The van der Waals surface area contributed by atoms with E-state index in [0.29, 0.717) is 0 Å². The topological polar surface area (TPSA) is 149 Å². The van der Waals surface area contributed by atoms with Gasteiger partial charge in [0, 0.05) is 10.8 Å². The number of hydrogen-bond acceptors (Lipinski definition) is 8. The minimum absolute atomic E-state index is 0. The summed E-state index contributed by atoms with van der Waals surface area (Å²) < 4.78 is 0. The van der Waals surface area contributed by atoms with Crippen molar-refractivity contribution in [3.05, 3.63) is 0 Å². The number of hydrogen-bond donors (Lipinski definition) is 0. The van der Waals surface area contributed by atoms with Crippen LogP contribution in [0.25, 0.3) is 0 Å². The Morgan fingerprint density at radius 1 is 0.484 bits per heavy atom. The number of carbonyl (C=O) groups excluding carboxylic acids is 6. The first-order chi connectivity index (χ1) is 13.0. The molecule has 0 aliphatic carbocycles. The number of aliphatic carboxylic acids is 2. The molecule has 0 saturated heterocycles. The third-order valence-corrected chi connectivity index (χ3v) is 4.73. The summed E-state index contributed by atoms with van der Waals surface area (Å²) in [4.78, 5) is 67.4. The Balaban J connectivity index is -0.000000490. The van der Waals surface area contributed by atoms with E-state index in [1.54, 1.807) is 41.5 Å². The van der Waals surface area contributed by atoms with Crippen molar-refractivity contribution in [2.75, 3.05) is 0 Å². The molecule has 0 N–H and O–H groups in total. The van der Waals surface area contributed by atoms with E-state index in [4.69, 9.17) is 0 Å². The molecule has 0 heterocycles. The van der Waals surface area contributed by atoms with E-state index in [0.717, 1.165) is 0 Å². The van der Waals surface area contributed by atoms with Crippen molar-refractivity contribution >= 4 is 84.0 Å². The summed E-state index contributed by atoms with van der Waals surface area (Å²) in [5.74, 6) is -4.64. The summed E-state index contributed by atoms with van der Waals surface area (Å²) in [5, 5.41) is 21.3. The quantitative estimate of drug-likeness (QED) is 0.302. The van der Waals surface area contributed by atoms with Gasteiger partial charge >= 0.3 is 48.9 Å². The molecule has 0 aromatic rings. The normalized spacial score (nSPS) is 11.9. The third kappa shape index (κ3) is 11.6. The van der Waals surface area contributed by atoms with Crippen LogP contribution in [0.4, 0.5) is 0 Å². The molecule has 0 saturated carbocycles. The fourth-order valence-electron chi connectivity index (χ4n) is 1.49. The zero-order chi connectivity index (χ0) is 24.9. The van der Waals surface area contributed by atoms with Gasteiger partial charge in [0.1, 0.15) is 11.6 Å². The molecule has 0 aromatic heterocycles. The average molecular weight is 564 g/mol. The fourth-order valence-corrected chi connectivity index (χ4v) is 1.49. The Hall–Kier alpha value is -0.809. The van der Waals surface area contributed by atoms with Crippen LogP contribution in [0.5, 0.6) is 0 Å².